The molecule has 2 fully saturated rings. The number of nitrogens with zero attached hydrogens (tertiary/aromatic N) is 1. The molecule has 2 aliphatic heterocycles. The second-order valence-electron chi connectivity index (χ2n) is 14.2. The summed E-state index contributed by atoms with van der Waals surface area (Å²) in [4.78, 5) is 29.2. The van der Waals surface area contributed by atoms with Gasteiger partial charge in [-0.3, -0.25) is 14.5 Å². The van der Waals surface area contributed by atoms with Gasteiger partial charge in [0.1, 0.15) is 5.54 Å². The Bertz CT molecular complexity index is 1040. The van der Waals surface area contributed by atoms with Crippen molar-refractivity contribution in [3.8, 4) is 0 Å². The number of rotatable bonds is 7. The number of benzene rings is 1. The molecule has 0 bridgehead atoms. The molecule has 2 heterocycles. The van der Waals surface area contributed by atoms with Crippen LogP contribution in [0.15, 0.2) is 24.3 Å². The second kappa shape index (κ2) is 11.2. The Hall–Kier alpha value is -1.90. The van der Waals surface area contributed by atoms with Gasteiger partial charge in [0.15, 0.2) is 0 Å². The van der Waals surface area contributed by atoms with E-state index >= 15 is 0 Å². The Labute approximate surface area is 236 Å². The minimum Gasteiger partial charge on any atom is -0.403 e. The predicted octanol–water partition coefficient (Wildman–Crippen LogP) is 4.73. The molecule has 1 aromatic carbocycles. The van der Waals surface area contributed by atoms with Crippen molar-refractivity contribution in [2.75, 3.05) is 13.1 Å². The predicted molar refractivity (Wildman–Crippen MR) is 156 cm³/mol. The molecule has 0 unspecified atom stereocenters. The van der Waals surface area contributed by atoms with Crippen molar-refractivity contribution in [3.05, 3.63) is 35.4 Å². The third-order valence-corrected chi connectivity index (χ3v) is 9.32. The molecule has 8 heteroatoms. The summed E-state index contributed by atoms with van der Waals surface area (Å²) in [5, 5.41) is 6.46. The van der Waals surface area contributed by atoms with Crippen molar-refractivity contribution in [1.29, 1.82) is 0 Å². The van der Waals surface area contributed by atoms with Crippen molar-refractivity contribution in [3.63, 3.8) is 0 Å². The number of amides is 2. The van der Waals surface area contributed by atoms with Crippen LogP contribution < -0.4 is 10.6 Å². The molecule has 2 N–H and O–H groups in total. The van der Waals surface area contributed by atoms with Crippen molar-refractivity contribution in [2.24, 2.45) is 11.8 Å². The van der Waals surface area contributed by atoms with E-state index in [-0.39, 0.29) is 36.1 Å². The highest BCUT2D eigenvalue weighted by Crippen LogP contribution is 2.43. The fourth-order valence-corrected chi connectivity index (χ4v) is 6.63. The lowest BCUT2D eigenvalue weighted by Gasteiger charge is -2.49. The number of carbonyl (C=O) groups is 2. The molecule has 3 atom stereocenters. The quantitative estimate of drug-likeness (QED) is 0.490. The van der Waals surface area contributed by atoms with E-state index in [9.17, 15) is 9.59 Å². The van der Waals surface area contributed by atoms with Crippen molar-refractivity contribution in [1.82, 2.24) is 15.5 Å². The molecule has 0 aromatic heterocycles. The lowest BCUT2D eigenvalue weighted by Crippen LogP contribution is -2.68. The first kappa shape index (κ1) is 30.1. The third-order valence-electron chi connectivity index (χ3n) is 9.32. The summed E-state index contributed by atoms with van der Waals surface area (Å²) >= 11 is 0. The smallest absolute Gasteiger partial charge is 0.403 e. The van der Waals surface area contributed by atoms with Gasteiger partial charge < -0.3 is 19.9 Å². The number of nitrogens with one attached hydrogen (secondary N) is 2. The molecule has 1 aliphatic carbocycles. The van der Waals surface area contributed by atoms with E-state index in [2.05, 4.69) is 67.5 Å². The molecule has 1 saturated heterocycles. The standard InChI is InChI=1S/C31H50BN3O4/c1-22(36)33-31(27(37)34-28(2,3)4)19-23(15-17-32-38-29(5,6)30(7,8)39-32)13-14-26(31)21-35-18-16-24-11-9-10-12-25(24)20-35/h9-12,23,26H,13-21H2,1-8H3,(H,33,36)(H,34,37)/t23-,26-,31+/m0/s1. The van der Waals surface area contributed by atoms with Crippen molar-refractivity contribution < 1.29 is 18.9 Å². The van der Waals surface area contributed by atoms with Gasteiger partial charge in [-0.15, -0.1) is 0 Å². The number of fused-ring (bicyclic) bond motifs is 1. The SMILES string of the molecule is CC(=O)N[C@]1(C(=O)NC(C)(C)C)C[C@H](CCB2OC(C)(C)C(C)(C)O2)CC[C@H]1CN1CCc2ccccc2C1. The zero-order valence-corrected chi connectivity index (χ0v) is 25.5. The highest BCUT2D eigenvalue weighted by Gasteiger charge is 2.53. The molecule has 7 nitrogen and oxygen atoms in total. The molecular weight excluding hydrogens is 489 g/mol. The summed E-state index contributed by atoms with van der Waals surface area (Å²) in [5.74, 6) is 0.106. The van der Waals surface area contributed by atoms with Crippen LogP contribution in [0.3, 0.4) is 0 Å². The van der Waals surface area contributed by atoms with Crippen LogP contribution in [-0.4, -0.2) is 59.2 Å². The summed E-state index contributed by atoms with van der Waals surface area (Å²) in [7, 11) is -0.250. The number of carbonyl (C=O) groups excluding carboxylic acids is 2. The average molecular weight is 540 g/mol. The normalized spacial score (nSPS) is 28.6. The lowest BCUT2D eigenvalue weighted by molar-refractivity contribution is -0.140. The van der Waals surface area contributed by atoms with Gasteiger partial charge in [-0.05, 0) is 97.5 Å². The van der Waals surface area contributed by atoms with Crippen LogP contribution in [0, 0.1) is 11.8 Å². The van der Waals surface area contributed by atoms with Gasteiger partial charge in [0.05, 0.1) is 11.2 Å². The maximum atomic E-state index is 14.1. The number of hydrogen-bond donors (Lipinski definition) is 2. The first-order valence-electron chi connectivity index (χ1n) is 14.9. The molecule has 2 amide bonds. The summed E-state index contributed by atoms with van der Waals surface area (Å²) in [6.45, 7) is 18.5. The summed E-state index contributed by atoms with van der Waals surface area (Å²) in [6, 6.07) is 8.64. The van der Waals surface area contributed by atoms with E-state index in [1.807, 2.05) is 20.8 Å². The fourth-order valence-electron chi connectivity index (χ4n) is 6.63. The van der Waals surface area contributed by atoms with Crippen LogP contribution >= 0.6 is 0 Å². The molecule has 0 spiro atoms. The Morgan fingerprint density at radius 1 is 1.05 bits per heavy atom. The Morgan fingerprint density at radius 2 is 1.69 bits per heavy atom. The molecule has 1 saturated carbocycles. The molecule has 0 radical (unpaired) electrons. The van der Waals surface area contributed by atoms with Crippen molar-refractivity contribution in [2.45, 2.75) is 123 Å². The second-order valence-corrected chi connectivity index (χ2v) is 14.2. The Balaban J connectivity index is 1.53. The van der Waals surface area contributed by atoms with Crippen molar-refractivity contribution >= 4 is 18.9 Å². The van der Waals surface area contributed by atoms with Gasteiger partial charge >= 0.3 is 7.12 Å². The van der Waals surface area contributed by atoms with Gasteiger partial charge in [-0.2, -0.15) is 0 Å². The molecule has 3 aliphatic rings. The summed E-state index contributed by atoms with van der Waals surface area (Å²) < 4.78 is 12.5. The minimum atomic E-state index is -0.949. The topological polar surface area (TPSA) is 79.9 Å². The van der Waals surface area contributed by atoms with Gasteiger partial charge in [0.25, 0.3) is 0 Å². The zero-order valence-electron chi connectivity index (χ0n) is 25.5. The van der Waals surface area contributed by atoms with Crippen LogP contribution in [0.25, 0.3) is 0 Å². The number of hydrogen-bond acceptors (Lipinski definition) is 5. The average Bonchev–Trinajstić information content (AvgIpc) is 3.03. The monoisotopic (exact) mass is 539 g/mol. The largest absolute Gasteiger partial charge is 0.457 e. The molecule has 216 valence electrons. The van der Waals surface area contributed by atoms with Gasteiger partial charge in [0, 0.05) is 38.0 Å². The first-order valence-corrected chi connectivity index (χ1v) is 14.9. The van der Waals surface area contributed by atoms with Crippen LogP contribution in [0.5, 0.6) is 0 Å². The van der Waals surface area contributed by atoms with Crippen LogP contribution in [0.1, 0.15) is 92.2 Å². The van der Waals surface area contributed by atoms with E-state index in [4.69, 9.17) is 9.31 Å². The van der Waals surface area contributed by atoms with Gasteiger partial charge in [0.2, 0.25) is 11.8 Å². The Kier molecular flexibility index (Phi) is 8.62. The highest BCUT2D eigenvalue weighted by molar-refractivity contribution is 6.45. The van der Waals surface area contributed by atoms with E-state index in [1.165, 1.54) is 18.1 Å². The highest BCUT2D eigenvalue weighted by atomic mass is 16.7. The summed E-state index contributed by atoms with van der Waals surface area (Å²) in [5.41, 5.74) is 0.730. The summed E-state index contributed by atoms with van der Waals surface area (Å²) in [6.07, 6.45) is 5.24. The Morgan fingerprint density at radius 3 is 2.31 bits per heavy atom. The zero-order chi connectivity index (χ0) is 28.6. The van der Waals surface area contributed by atoms with E-state index in [1.54, 1.807) is 0 Å². The van der Waals surface area contributed by atoms with E-state index in [0.29, 0.717) is 12.3 Å². The molecular formula is C31H50BN3O4. The van der Waals surface area contributed by atoms with E-state index < -0.39 is 11.1 Å². The third kappa shape index (κ3) is 6.88. The maximum Gasteiger partial charge on any atom is 0.457 e. The molecule has 1 aromatic rings. The minimum absolute atomic E-state index is 0.0297. The van der Waals surface area contributed by atoms with E-state index in [0.717, 1.165) is 51.6 Å². The fraction of sp³-hybridized carbons (Fsp3) is 0.742. The van der Waals surface area contributed by atoms with Crippen LogP contribution in [0.4, 0.5) is 0 Å². The van der Waals surface area contributed by atoms with Crippen LogP contribution in [-0.2, 0) is 31.9 Å². The molecule has 4 rings (SSSR count). The maximum absolute atomic E-state index is 14.1. The van der Waals surface area contributed by atoms with Gasteiger partial charge in [-0.1, -0.05) is 30.7 Å². The lowest BCUT2D eigenvalue weighted by atomic mass is 9.64. The molecule has 39 heavy (non-hydrogen) atoms. The van der Waals surface area contributed by atoms with Crippen LogP contribution in [0.2, 0.25) is 6.32 Å². The van der Waals surface area contributed by atoms with Gasteiger partial charge in [-0.25, -0.2) is 0 Å². The first-order chi connectivity index (χ1) is 18.1.